The van der Waals surface area contributed by atoms with Crippen molar-refractivity contribution in [1.29, 1.82) is 0 Å². The summed E-state index contributed by atoms with van der Waals surface area (Å²) in [5, 5.41) is 2.56. The lowest BCUT2D eigenvalue weighted by Gasteiger charge is -2.13. The van der Waals surface area contributed by atoms with Crippen molar-refractivity contribution < 1.29 is 23.9 Å². The van der Waals surface area contributed by atoms with Crippen LogP contribution in [0.15, 0.2) is 12.2 Å². The van der Waals surface area contributed by atoms with Crippen molar-refractivity contribution in [2.45, 2.75) is 0 Å². The van der Waals surface area contributed by atoms with Crippen molar-refractivity contribution in [3.63, 3.8) is 0 Å². The molecule has 1 aliphatic heterocycles. The van der Waals surface area contributed by atoms with E-state index in [0.29, 0.717) is 13.1 Å². The Kier molecular flexibility index (Phi) is 7.48. The standard InChI is InChI=1S/C12H19N3O5/c13-3-4-14-10(16)9-20-8-7-19-6-5-15-11(17)1-2-12(15)18/h1-2H,3-9,13H2,(H,14,16). The molecule has 0 atom stereocenters. The molecule has 0 fully saturated rings. The zero-order chi connectivity index (χ0) is 14.8. The predicted molar refractivity (Wildman–Crippen MR) is 69.6 cm³/mol. The third-order valence-corrected chi connectivity index (χ3v) is 2.43. The molecule has 3 N–H and O–H groups in total. The molecule has 0 aromatic rings. The van der Waals surface area contributed by atoms with Crippen LogP contribution in [0.25, 0.3) is 0 Å². The highest BCUT2D eigenvalue weighted by Crippen LogP contribution is 2.02. The fourth-order valence-electron chi connectivity index (χ4n) is 1.45. The van der Waals surface area contributed by atoms with Crippen LogP contribution in [-0.2, 0) is 23.9 Å². The normalized spacial score (nSPS) is 14.2. The summed E-state index contributed by atoms with van der Waals surface area (Å²) < 4.78 is 10.3. The van der Waals surface area contributed by atoms with Gasteiger partial charge in [0.05, 0.1) is 26.4 Å². The van der Waals surface area contributed by atoms with E-state index >= 15 is 0 Å². The van der Waals surface area contributed by atoms with E-state index in [4.69, 9.17) is 15.2 Å². The molecule has 3 amide bonds. The maximum atomic E-state index is 11.2. The van der Waals surface area contributed by atoms with Gasteiger partial charge in [-0.15, -0.1) is 0 Å². The summed E-state index contributed by atoms with van der Waals surface area (Å²) in [5.41, 5.74) is 5.23. The molecule has 0 bridgehead atoms. The van der Waals surface area contributed by atoms with Gasteiger partial charge in [0, 0.05) is 25.2 Å². The Morgan fingerprint density at radius 1 is 1.15 bits per heavy atom. The Morgan fingerprint density at radius 2 is 1.80 bits per heavy atom. The Balaban J connectivity index is 1.94. The number of nitrogens with two attached hydrogens (primary N) is 1. The minimum Gasteiger partial charge on any atom is -0.377 e. The molecule has 0 radical (unpaired) electrons. The Hall–Kier alpha value is -1.77. The summed E-state index contributed by atoms with van der Waals surface area (Å²) in [6.07, 6.45) is 2.46. The van der Waals surface area contributed by atoms with Gasteiger partial charge in [0.15, 0.2) is 0 Å². The molecule has 0 saturated carbocycles. The first-order valence-corrected chi connectivity index (χ1v) is 6.31. The summed E-state index contributed by atoms with van der Waals surface area (Å²) in [5.74, 6) is -0.882. The predicted octanol–water partition coefficient (Wildman–Crippen LogP) is -1.98. The van der Waals surface area contributed by atoms with Crippen LogP contribution in [0.1, 0.15) is 0 Å². The third kappa shape index (κ3) is 5.91. The molecular formula is C12H19N3O5. The van der Waals surface area contributed by atoms with E-state index in [1.807, 2.05) is 0 Å². The van der Waals surface area contributed by atoms with Crippen LogP contribution in [0.4, 0.5) is 0 Å². The fourth-order valence-corrected chi connectivity index (χ4v) is 1.45. The van der Waals surface area contributed by atoms with Crippen LogP contribution in [0.2, 0.25) is 0 Å². The lowest BCUT2D eigenvalue weighted by molar-refractivity contribution is -0.138. The first-order valence-electron chi connectivity index (χ1n) is 6.31. The number of ether oxygens (including phenoxy) is 2. The summed E-state index contributed by atoms with van der Waals surface area (Å²) in [7, 11) is 0. The lowest BCUT2D eigenvalue weighted by Crippen LogP contribution is -2.33. The smallest absolute Gasteiger partial charge is 0.253 e. The van der Waals surface area contributed by atoms with Crippen LogP contribution >= 0.6 is 0 Å². The molecule has 8 heteroatoms. The van der Waals surface area contributed by atoms with Gasteiger partial charge in [-0.2, -0.15) is 0 Å². The second kappa shape index (κ2) is 9.18. The number of carbonyl (C=O) groups is 3. The SMILES string of the molecule is NCCNC(=O)COCCOCCN1C(=O)C=CC1=O. The van der Waals surface area contributed by atoms with E-state index in [0.717, 1.165) is 4.90 Å². The molecule has 0 unspecified atom stereocenters. The molecule has 0 aromatic heterocycles. The molecule has 0 aromatic carbocycles. The van der Waals surface area contributed by atoms with E-state index < -0.39 is 0 Å². The monoisotopic (exact) mass is 285 g/mol. The molecule has 0 saturated heterocycles. The minimum atomic E-state index is -0.327. The van der Waals surface area contributed by atoms with E-state index in [1.165, 1.54) is 12.2 Å². The maximum Gasteiger partial charge on any atom is 0.253 e. The van der Waals surface area contributed by atoms with E-state index in [2.05, 4.69) is 5.32 Å². The van der Waals surface area contributed by atoms with Gasteiger partial charge in [-0.05, 0) is 0 Å². The van der Waals surface area contributed by atoms with Crippen molar-refractivity contribution in [2.24, 2.45) is 5.73 Å². The summed E-state index contributed by atoms with van der Waals surface area (Å²) >= 11 is 0. The summed E-state index contributed by atoms with van der Waals surface area (Å²) in [6, 6.07) is 0. The number of rotatable bonds is 10. The van der Waals surface area contributed by atoms with Crippen molar-refractivity contribution in [3.8, 4) is 0 Å². The third-order valence-electron chi connectivity index (χ3n) is 2.43. The van der Waals surface area contributed by atoms with Crippen LogP contribution in [-0.4, -0.2) is 68.7 Å². The van der Waals surface area contributed by atoms with Gasteiger partial charge in [-0.25, -0.2) is 0 Å². The van der Waals surface area contributed by atoms with Gasteiger partial charge < -0.3 is 20.5 Å². The maximum absolute atomic E-state index is 11.2. The average molecular weight is 285 g/mol. The van der Waals surface area contributed by atoms with Gasteiger partial charge in [-0.3, -0.25) is 19.3 Å². The second-order valence-electron chi connectivity index (χ2n) is 3.97. The molecule has 1 rings (SSSR count). The largest absolute Gasteiger partial charge is 0.377 e. The molecular weight excluding hydrogens is 266 g/mol. The molecule has 20 heavy (non-hydrogen) atoms. The van der Waals surface area contributed by atoms with E-state index in [1.54, 1.807) is 0 Å². The Labute approximate surface area is 116 Å². The van der Waals surface area contributed by atoms with Crippen molar-refractivity contribution in [2.75, 3.05) is 46.1 Å². The highest BCUT2D eigenvalue weighted by atomic mass is 16.5. The van der Waals surface area contributed by atoms with Crippen molar-refractivity contribution >= 4 is 17.7 Å². The van der Waals surface area contributed by atoms with Gasteiger partial charge in [0.25, 0.3) is 11.8 Å². The zero-order valence-corrected chi connectivity index (χ0v) is 11.2. The first-order chi connectivity index (χ1) is 9.65. The Morgan fingerprint density at radius 3 is 2.45 bits per heavy atom. The molecule has 0 aliphatic carbocycles. The van der Waals surface area contributed by atoms with Gasteiger partial charge >= 0.3 is 0 Å². The molecule has 1 aliphatic rings. The number of amides is 3. The highest BCUT2D eigenvalue weighted by Gasteiger charge is 2.22. The van der Waals surface area contributed by atoms with Crippen LogP contribution in [0, 0.1) is 0 Å². The first kappa shape index (κ1) is 16.3. The van der Waals surface area contributed by atoms with Crippen LogP contribution in [0.5, 0.6) is 0 Å². The van der Waals surface area contributed by atoms with E-state index in [9.17, 15) is 14.4 Å². The quantitative estimate of drug-likeness (QED) is 0.355. The fraction of sp³-hybridized carbons (Fsp3) is 0.583. The molecule has 1 heterocycles. The minimum absolute atomic E-state index is 0.0453. The zero-order valence-electron chi connectivity index (χ0n) is 11.2. The number of nitrogens with one attached hydrogen (secondary N) is 1. The van der Waals surface area contributed by atoms with Gasteiger partial charge in [-0.1, -0.05) is 0 Å². The van der Waals surface area contributed by atoms with Crippen molar-refractivity contribution in [1.82, 2.24) is 10.2 Å². The Bertz CT molecular complexity index is 365. The van der Waals surface area contributed by atoms with E-state index in [-0.39, 0.29) is 50.7 Å². The topological polar surface area (TPSA) is 111 Å². The highest BCUT2D eigenvalue weighted by molar-refractivity contribution is 6.12. The van der Waals surface area contributed by atoms with Crippen LogP contribution in [0.3, 0.4) is 0 Å². The molecule has 0 spiro atoms. The number of hydrogen-bond donors (Lipinski definition) is 2. The average Bonchev–Trinajstić information content (AvgIpc) is 2.75. The lowest BCUT2D eigenvalue weighted by atomic mass is 10.5. The summed E-state index contributed by atoms with van der Waals surface area (Å²) in [6.45, 7) is 1.76. The number of imide groups is 1. The number of carbonyl (C=O) groups excluding carboxylic acids is 3. The second-order valence-corrected chi connectivity index (χ2v) is 3.97. The van der Waals surface area contributed by atoms with Gasteiger partial charge in [0.1, 0.15) is 6.61 Å². The number of nitrogens with zero attached hydrogens (tertiary/aromatic N) is 1. The molecule has 8 nitrogen and oxygen atoms in total. The van der Waals surface area contributed by atoms with Crippen LogP contribution < -0.4 is 11.1 Å². The molecule has 112 valence electrons. The van der Waals surface area contributed by atoms with Gasteiger partial charge in [0.2, 0.25) is 5.91 Å². The van der Waals surface area contributed by atoms with Crippen molar-refractivity contribution in [3.05, 3.63) is 12.2 Å². The number of hydrogen-bond acceptors (Lipinski definition) is 6. The summed E-state index contributed by atoms with van der Waals surface area (Å²) in [4.78, 5) is 34.6.